The van der Waals surface area contributed by atoms with Crippen LogP contribution in [0.15, 0.2) is 36.5 Å². The van der Waals surface area contributed by atoms with Crippen molar-refractivity contribution in [3.63, 3.8) is 0 Å². The number of hydrogen-bond donors (Lipinski definition) is 2. The van der Waals surface area contributed by atoms with Gasteiger partial charge in [-0.25, -0.2) is 14.2 Å². The van der Waals surface area contributed by atoms with E-state index in [1.165, 1.54) is 6.07 Å². The average molecular weight is 300 g/mol. The Morgan fingerprint density at radius 2 is 1.90 bits per heavy atom. The zero-order valence-electron chi connectivity index (χ0n) is 10.3. The Morgan fingerprint density at radius 3 is 2.43 bits per heavy atom. The van der Waals surface area contributed by atoms with Gasteiger partial charge in [0, 0.05) is 0 Å². The number of nitrogens with zero attached hydrogens (tertiary/aromatic N) is 1. The molecular formula is C13H8F4N2O2. The molecule has 0 saturated carbocycles. The van der Waals surface area contributed by atoms with Gasteiger partial charge in [-0.2, -0.15) is 13.2 Å². The van der Waals surface area contributed by atoms with Gasteiger partial charge >= 0.3 is 12.1 Å². The number of aromatic nitrogens is 1. The summed E-state index contributed by atoms with van der Waals surface area (Å²) in [7, 11) is 0. The van der Waals surface area contributed by atoms with E-state index in [0.717, 1.165) is 12.3 Å². The SMILES string of the molecule is O=C(O)c1ccc(Nc2cc(C(F)(F)F)ccc2F)cn1. The number of alkyl halides is 3. The molecule has 8 heteroatoms. The van der Waals surface area contributed by atoms with Crippen molar-refractivity contribution < 1.29 is 27.5 Å². The Hall–Kier alpha value is -2.64. The second-order valence-corrected chi connectivity index (χ2v) is 4.05. The second kappa shape index (κ2) is 5.39. The molecule has 0 aliphatic carbocycles. The van der Waals surface area contributed by atoms with Crippen molar-refractivity contribution in [2.45, 2.75) is 6.18 Å². The summed E-state index contributed by atoms with van der Waals surface area (Å²) in [5.41, 5.74) is -1.44. The van der Waals surface area contributed by atoms with Gasteiger partial charge in [0.25, 0.3) is 0 Å². The van der Waals surface area contributed by atoms with Gasteiger partial charge in [0.05, 0.1) is 23.1 Å². The van der Waals surface area contributed by atoms with Crippen molar-refractivity contribution in [3.8, 4) is 0 Å². The lowest BCUT2D eigenvalue weighted by Crippen LogP contribution is -2.06. The van der Waals surface area contributed by atoms with Crippen LogP contribution >= 0.6 is 0 Å². The molecule has 0 atom stereocenters. The maximum Gasteiger partial charge on any atom is 0.416 e. The van der Waals surface area contributed by atoms with Crippen molar-refractivity contribution in [2.75, 3.05) is 5.32 Å². The van der Waals surface area contributed by atoms with Gasteiger partial charge in [0.15, 0.2) is 0 Å². The summed E-state index contributed by atoms with van der Waals surface area (Å²) in [5.74, 6) is -2.11. The van der Waals surface area contributed by atoms with Gasteiger partial charge in [-0.3, -0.25) is 0 Å². The zero-order chi connectivity index (χ0) is 15.6. The number of carboxylic acids is 1. The van der Waals surface area contributed by atoms with Crippen molar-refractivity contribution in [2.24, 2.45) is 0 Å². The van der Waals surface area contributed by atoms with Crippen LogP contribution in [-0.2, 0) is 6.18 Å². The number of rotatable bonds is 3. The van der Waals surface area contributed by atoms with Gasteiger partial charge in [-0.05, 0) is 30.3 Å². The summed E-state index contributed by atoms with van der Waals surface area (Å²) in [4.78, 5) is 14.2. The first kappa shape index (κ1) is 14.8. The lowest BCUT2D eigenvalue weighted by atomic mass is 10.2. The molecule has 0 radical (unpaired) electrons. The van der Waals surface area contributed by atoms with Crippen molar-refractivity contribution in [1.82, 2.24) is 4.98 Å². The van der Waals surface area contributed by atoms with Gasteiger partial charge in [0.2, 0.25) is 0 Å². The number of pyridine rings is 1. The van der Waals surface area contributed by atoms with Crippen molar-refractivity contribution in [3.05, 3.63) is 53.6 Å². The Labute approximate surface area is 116 Å². The number of nitrogens with one attached hydrogen (secondary N) is 1. The maximum absolute atomic E-state index is 13.5. The van der Waals surface area contributed by atoms with E-state index >= 15 is 0 Å². The standard InChI is InChI=1S/C13H8F4N2O2/c14-9-3-1-7(13(15,16)17)5-11(9)19-8-2-4-10(12(20)21)18-6-8/h1-6,19H,(H,20,21). The first-order valence-corrected chi connectivity index (χ1v) is 5.60. The predicted octanol–water partition coefficient (Wildman–Crippen LogP) is 3.68. The molecule has 0 aliphatic heterocycles. The summed E-state index contributed by atoms with van der Waals surface area (Å²) in [6.07, 6.45) is -3.50. The van der Waals surface area contributed by atoms with Gasteiger partial charge < -0.3 is 10.4 Å². The molecule has 0 aliphatic rings. The molecule has 2 aromatic rings. The quantitative estimate of drug-likeness (QED) is 0.849. The minimum Gasteiger partial charge on any atom is -0.477 e. The van der Waals surface area contributed by atoms with E-state index in [4.69, 9.17) is 5.11 Å². The molecule has 2 rings (SSSR count). The fraction of sp³-hybridized carbons (Fsp3) is 0.0769. The molecule has 1 heterocycles. The second-order valence-electron chi connectivity index (χ2n) is 4.05. The van der Waals surface area contributed by atoms with E-state index in [9.17, 15) is 22.4 Å². The molecule has 2 N–H and O–H groups in total. The van der Waals surface area contributed by atoms with E-state index in [-0.39, 0.29) is 17.1 Å². The highest BCUT2D eigenvalue weighted by Gasteiger charge is 2.31. The third-order valence-electron chi connectivity index (χ3n) is 2.56. The first-order valence-electron chi connectivity index (χ1n) is 5.60. The minimum absolute atomic E-state index is 0.165. The molecule has 1 aromatic heterocycles. The number of carbonyl (C=O) groups is 1. The first-order chi connectivity index (χ1) is 9.77. The number of aromatic carboxylic acids is 1. The van der Waals surface area contributed by atoms with Crippen LogP contribution in [0, 0.1) is 5.82 Å². The average Bonchev–Trinajstić information content (AvgIpc) is 2.40. The highest BCUT2D eigenvalue weighted by atomic mass is 19.4. The van der Waals surface area contributed by atoms with Crippen molar-refractivity contribution >= 4 is 17.3 Å². The highest BCUT2D eigenvalue weighted by molar-refractivity contribution is 5.85. The van der Waals surface area contributed by atoms with Gasteiger partial charge in [-0.15, -0.1) is 0 Å². The van der Waals surface area contributed by atoms with Crippen molar-refractivity contribution in [1.29, 1.82) is 0 Å². The molecule has 0 fully saturated rings. The number of carboxylic acid groups (broad SMARTS) is 1. The van der Waals surface area contributed by atoms with Crippen LogP contribution in [0.1, 0.15) is 16.1 Å². The molecule has 0 bridgehead atoms. The van der Waals surface area contributed by atoms with E-state index in [1.807, 2.05) is 0 Å². The lowest BCUT2D eigenvalue weighted by molar-refractivity contribution is -0.137. The van der Waals surface area contributed by atoms with Crippen LogP contribution in [0.4, 0.5) is 28.9 Å². The van der Waals surface area contributed by atoms with Gasteiger partial charge in [-0.1, -0.05) is 0 Å². The number of hydrogen-bond acceptors (Lipinski definition) is 3. The topological polar surface area (TPSA) is 62.2 Å². The van der Waals surface area contributed by atoms with Crippen LogP contribution in [0.25, 0.3) is 0 Å². The molecule has 0 saturated heterocycles. The largest absolute Gasteiger partial charge is 0.477 e. The van der Waals surface area contributed by atoms with Crippen LogP contribution in [0.2, 0.25) is 0 Å². The summed E-state index contributed by atoms with van der Waals surface area (Å²) in [6, 6.07) is 4.38. The molecule has 110 valence electrons. The Kier molecular flexibility index (Phi) is 3.79. The monoisotopic (exact) mass is 300 g/mol. The zero-order valence-corrected chi connectivity index (χ0v) is 10.3. The number of anilines is 2. The molecule has 4 nitrogen and oxygen atoms in total. The fourth-order valence-electron chi connectivity index (χ4n) is 1.55. The van der Waals surface area contributed by atoms with E-state index in [2.05, 4.69) is 10.3 Å². The molecule has 0 spiro atoms. The molecule has 0 unspecified atom stereocenters. The normalized spacial score (nSPS) is 11.2. The smallest absolute Gasteiger partial charge is 0.416 e. The molecule has 21 heavy (non-hydrogen) atoms. The summed E-state index contributed by atoms with van der Waals surface area (Å²) in [6.45, 7) is 0. The highest BCUT2D eigenvalue weighted by Crippen LogP contribution is 2.32. The van der Waals surface area contributed by atoms with Crippen LogP contribution < -0.4 is 5.32 Å². The summed E-state index contributed by atoms with van der Waals surface area (Å²) >= 11 is 0. The van der Waals surface area contributed by atoms with E-state index in [1.54, 1.807) is 0 Å². The fourth-order valence-corrected chi connectivity index (χ4v) is 1.55. The third kappa shape index (κ3) is 3.47. The Bertz CT molecular complexity index is 669. The molecule has 1 aromatic carbocycles. The lowest BCUT2D eigenvalue weighted by Gasteiger charge is -2.11. The summed E-state index contributed by atoms with van der Waals surface area (Å²) in [5, 5.41) is 11.1. The number of halogens is 4. The molecule has 0 amide bonds. The minimum atomic E-state index is -4.59. The third-order valence-corrected chi connectivity index (χ3v) is 2.56. The maximum atomic E-state index is 13.5. The Balaban J connectivity index is 2.28. The summed E-state index contributed by atoms with van der Waals surface area (Å²) < 4.78 is 51.2. The van der Waals surface area contributed by atoms with E-state index in [0.29, 0.717) is 18.2 Å². The Morgan fingerprint density at radius 1 is 1.19 bits per heavy atom. The molecular weight excluding hydrogens is 292 g/mol. The number of benzene rings is 1. The van der Waals surface area contributed by atoms with E-state index < -0.39 is 23.5 Å². The van der Waals surface area contributed by atoms with Crippen LogP contribution in [0.3, 0.4) is 0 Å². The predicted molar refractivity (Wildman–Crippen MR) is 65.9 cm³/mol. The van der Waals surface area contributed by atoms with Gasteiger partial charge in [0.1, 0.15) is 11.5 Å². The van der Waals surface area contributed by atoms with Crippen LogP contribution in [-0.4, -0.2) is 16.1 Å². The van der Waals surface area contributed by atoms with Crippen LogP contribution in [0.5, 0.6) is 0 Å².